The molecule has 1 unspecified atom stereocenters. The van der Waals surface area contributed by atoms with Crippen LogP contribution in [-0.4, -0.2) is 16.6 Å². The number of phenols is 1. The van der Waals surface area contributed by atoms with Gasteiger partial charge in [-0.05, 0) is 36.6 Å². The summed E-state index contributed by atoms with van der Waals surface area (Å²) in [5.74, 6) is 0.185. The molecule has 0 saturated carbocycles. The van der Waals surface area contributed by atoms with Gasteiger partial charge in [0.1, 0.15) is 11.3 Å². The normalized spacial score (nSPS) is 15.2. The third kappa shape index (κ3) is 3.82. The van der Waals surface area contributed by atoms with Crippen LogP contribution >= 0.6 is 11.3 Å². The molecule has 3 aromatic carbocycles. The topological polar surface area (TPSA) is 74.8 Å². The highest BCUT2D eigenvalue weighted by molar-refractivity contribution is 7.10. The summed E-state index contributed by atoms with van der Waals surface area (Å²) in [4.78, 5) is 19.2. The Balaban J connectivity index is 1.47. The van der Waals surface area contributed by atoms with Gasteiger partial charge < -0.3 is 14.8 Å². The summed E-state index contributed by atoms with van der Waals surface area (Å²) in [5, 5.41) is 17.5. The second kappa shape index (κ2) is 8.56. The maximum absolute atomic E-state index is 13.1. The SMILES string of the molecule is Cc1c(C(=O)c2ccccc2)oc2cc(O)c(C3=Nc4ccccc4NC(c4cccs4)C3)cc12. The van der Waals surface area contributed by atoms with E-state index in [1.54, 1.807) is 29.5 Å². The predicted molar refractivity (Wildman–Crippen MR) is 140 cm³/mol. The lowest BCUT2D eigenvalue weighted by Crippen LogP contribution is -2.13. The minimum atomic E-state index is -0.178. The fraction of sp³-hybridized carbons (Fsp3) is 0.103. The van der Waals surface area contributed by atoms with E-state index in [9.17, 15) is 9.90 Å². The number of hydrogen-bond acceptors (Lipinski definition) is 6. The van der Waals surface area contributed by atoms with Crippen LogP contribution < -0.4 is 5.32 Å². The van der Waals surface area contributed by atoms with Crippen LogP contribution in [0.4, 0.5) is 11.4 Å². The second-order valence-corrected chi connectivity index (χ2v) is 9.59. The molecule has 1 aliphatic heterocycles. The highest BCUT2D eigenvalue weighted by Gasteiger charge is 2.25. The van der Waals surface area contributed by atoms with E-state index < -0.39 is 0 Å². The number of anilines is 1. The number of benzene rings is 3. The summed E-state index contributed by atoms with van der Waals surface area (Å²) in [6, 6.07) is 24.7. The Labute approximate surface area is 206 Å². The molecule has 0 amide bonds. The Kier molecular flexibility index (Phi) is 5.23. The molecule has 6 heteroatoms. The monoisotopic (exact) mass is 478 g/mol. The number of rotatable bonds is 4. The molecule has 0 spiro atoms. The summed E-state index contributed by atoms with van der Waals surface area (Å²) in [5.41, 5.74) is 4.98. The number of nitrogens with zero attached hydrogens (tertiary/aromatic N) is 1. The smallest absolute Gasteiger partial charge is 0.228 e. The van der Waals surface area contributed by atoms with Crippen LogP contribution in [0.15, 0.2) is 93.7 Å². The van der Waals surface area contributed by atoms with Gasteiger partial charge in [0.05, 0.1) is 23.1 Å². The van der Waals surface area contributed by atoms with E-state index in [-0.39, 0.29) is 23.3 Å². The molecule has 0 aliphatic carbocycles. The van der Waals surface area contributed by atoms with E-state index in [2.05, 4.69) is 16.8 Å². The molecule has 172 valence electrons. The summed E-state index contributed by atoms with van der Waals surface area (Å²) in [7, 11) is 0. The molecule has 1 aliphatic rings. The number of aliphatic imine (C=N–C) groups is 1. The maximum atomic E-state index is 13.1. The van der Waals surface area contributed by atoms with Crippen molar-refractivity contribution in [1.29, 1.82) is 0 Å². The lowest BCUT2D eigenvalue weighted by molar-refractivity contribution is 0.101. The van der Waals surface area contributed by atoms with Crippen LogP contribution in [0, 0.1) is 6.92 Å². The highest BCUT2D eigenvalue weighted by atomic mass is 32.1. The van der Waals surface area contributed by atoms with Gasteiger partial charge in [0.25, 0.3) is 0 Å². The summed E-state index contributed by atoms with van der Waals surface area (Å²) in [6.07, 6.45) is 0.598. The Morgan fingerprint density at radius 1 is 1.06 bits per heavy atom. The van der Waals surface area contributed by atoms with Crippen molar-refractivity contribution in [2.75, 3.05) is 5.32 Å². The first-order chi connectivity index (χ1) is 17.1. The molecule has 0 fully saturated rings. The summed E-state index contributed by atoms with van der Waals surface area (Å²) < 4.78 is 5.94. The molecule has 1 atom stereocenters. The van der Waals surface area contributed by atoms with E-state index in [0.29, 0.717) is 23.1 Å². The van der Waals surface area contributed by atoms with Crippen molar-refractivity contribution in [3.63, 3.8) is 0 Å². The summed E-state index contributed by atoms with van der Waals surface area (Å²) >= 11 is 1.69. The molecular weight excluding hydrogens is 456 g/mol. The number of carbonyl (C=O) groups excluding carboxylic acids is 1. The third-order valence-electron chi connectivity index (χ3n) is 6.38. The van der Waals surface area contributed by atoms with Crippen LogP contribution in [0.1, 0.15) is 44.6 Å². The molecule has 0 saturated heterocycles. The van der Waals surface area contributed by atoms with E-state index in [4.69, 9.17) is 9.41 Å². The highest BCUT2D eigenvalue weighted by Crippen LogP contribution is 2.39. The third-order valence-corrected chi connectivity index (χ3v) is 7.37. The van der Waals surface area contributed by atoms with Gasteiger partial charge in [0, 0.05) is 39.4 Å². The van der Waals surface area contributed by atoms with Crippen LogP contribution in [-0.2, 0) is 0 Å². The standard InChI is InChI=1S/C29H22N2O3S/c1-17-19-14-20(25(32)16-26(19)34-29(17)28(33)18-8-3-2-4-9-18)23-15-24(27-12-7-13-35-27)31-22-11-6-5-10-21(22)30-23/h2-14,16,24,31-32H,15H2,1H3. The van der Waals surface area contributed by atoms with Crippen molar-refractivity contribution < 1.29 is 14.3 Å². The fourth-order valence-corrected chi connectivity index (χ4v) is 5.35. The lowest BCUT2D eigenvalue weighted by Gasteiger charge is -2.17. The number of furan rings is 1. The Morgan fingerprint density at radius 2 is 1.86 bits per heavy atom. The first-order valence-corrected chi connectivity index (χ1v) is 12.3. The number of carbonyl (C=O) groups is 1. The molecule has 0 radical (unpaired) electrons. The van der Waals surface area contributed by atoms with Gasteiger partial charge in [-0.1, -0.05) is 48.5 Å². The number of aryl methyl sites for hydroxylation is 1. The minimum absolute atomic E-state index is 0.0214. The number of para-hydroxylation sites is 2. The predicted octanol–water partition coefficient (Wildman–Crippen LogP) is 7.42. The summed E-state index contributed by atoms with van der Waals surface area (Å²) in [6.45, 7) is 1.88. The van der Waals surface area contributed by atoms with Crippen LogP contribution in [0.5, 0.6) is 5.75 Å². The van der Waals surface area contributed by atoms with Gasteiger partial charge in [-0.15, -0.1) is 11.3 Å². The van der Waals surface area contributed by atoms with Crippen molar-refractivity contribution in [2.24, 2.45) is 4.99 Å². The molecule has 0 bridgehead atoms. The minimum Gasteiger partial charge on any atom is -0.507 e. The average molecular weight is 479 g/mol. The molecule has 35 heavy (non-hydrogen) atoms. The molecule has 2 aromatic heterocycles. The molecule has 3 heterocycles. The molecule has 6 rings (SSSR count). The van der Waals surface area contributed by atoms with Gasteiger partial charge in [-0.25, -0.2) is 0 Å². The van der Waals surface area contributed by atoms with Crippen LogP contribution in [0.25, 0.3) is 11.0 Å². The number of thiophene rings is 1. The van der Waals surface area contributed by atoms with Crippen LogP contribution in [0.2, 0.25) is 0 Å². The van der Waals surface area contributed by atoms with Crippen molar-refractivity contribution in [3.8, 4) is 5.75 Å². The van der Waals surface area contributed by atoms with Gasteiger partial charge >= 0.3 is 0 Å². The van der Waals surface area contributed by atoms with Crippen molar-refractivity contribution in [1.82, 2.24) is 0 Å². The molecule has 5 nitrogen and oxygen atoms in total. The van der Waals surface area contributed by atoms with Crippen molar-refractivity contribution in [2.45, 2.75) is 19.4 Å². The number of hydrogen-bond donors (Lipinski definition) is 2. The van der Waals surface area contributed by atoms with Gasteiger partial charge in [0.15, 0.2) is 5.76 Å². The van der Waals surface area contributed by atoms with E-state index >= 15 is 0 Å². The van der Waals surface area contributed by atoms with Crippen LogP contribution in [0.3, 0.4) is 0 Å². The van der Waals surface area contributed by atoms with E-state index in [0.717, 1.165) is 28.0 Å². The number of phenolic OH excluding ortho intramolecular Hbond substituents is 1. The molecule has 2 N–H and O–H groups in total. The first kappa shape index (κ1) is 21.4. The van der Waals surface area contributed by atoms with E-state index in [1.807, 2.05) is 61.5 Å². The van der Waals surface area contributed by atoms with Gasteiger partial charge in [-0.3, -0.25) is 9.79 Å². The number of fused-ring (bicyclic) bond motifs is 2. The second-order valence-electron chi connectivity index (χ2n) is 8.61. The molecule has 5 aromatic rings. The number of aromatic hydroxyl groups is 1. The quantitative estimate of drug-likeness (QED) is 0.264. The largest absolute Gasteiger partial charge is 0.507 e. The van der Waals surface area contributed by atoms with Gasteiger partial charge in [0.2, 0.25) is 5.78 Å². The molecular formula is C29H22N2O3S. The zero-order valence-electron chi connectivity index (χ0n) is 19.0. The first-order valence-electron chi connectivity index (χ1n) is 11.4. The average Bonchev–Trinajstić information content (AvgIpc) is 3.47. The Bertz CT molecular complexity index is 1580. The zero-order valence-corrected chi connectivity index (χ0v) is 19.8. The van der Waals surface area contributed by atoms with Crippen molar-refractivity contribution >= 4 is 45.2 Å². The number of nitrogens with one attached hydrogen (secondary N) is 1. The van der Waals surface area contributed by atoms with Gasteiger partial charge in [-0.2, -0.15) is 0 Å². The Hall–Kier alpha value is -4.16. The number of ketones is 1. The van der Waals surface area contributed by atoms with E-state index in [1.165, 1.54) is 4.88 Å². The lowest BCUT2D eigenvalue weighted by atomic mass is 9.98. The zero-order chi connectivity index (χ0) is 23.9. The van der Waals surface area contributed by atoms with Crippen molar-refractivity contribution in [3.05, 3.63) is 112 Å². The fourth-order valence-electron chi connectivity index (χ4n) is 4.57. The Morgan fingerprint density at radius 3 is 2.66 bits per heavy atom. The maximum Gasteiger partial charge on any atom is 0.228 e.